The van der Waals surface area contributed by atoms with Gasteiger partial charge in [0, 0.05) is 18.3 Å². The molecule has 2 amide bonds. The summed E-state index contributed by atoms with van der Waals surface area (Å²) >= 11 is 0. The van der Waals surface area contributed by atoms with Gasteiger partial charge in [-0.25, -0.2) is 12.8 Å². The van der Waals surface area contributed by atoms with Crippen molar-refractivity contribution in [3.05, 3.63) is 60.4 Å². The van der Waals surface area contributed by atoms with Crippen molar-refractivity contribution in [1.82, 2.24) is 9.62 Å². The van der Waals surface area contributed by atoms with Crippen molar-refractivity contribution < 1.29 is 22.4 Å². The highest BCUT2D eigenvalue weighted by Gasteiger charge is 2.51. The molecule has 1 heterocycles. The van der Waals surface area contributed by atoms with Crippen LogP contribution in [-0.4, -0.2) is 49.2 Å². The van der Waals surface area contributed by atoms with Crippen LogP contribution in [0.2, 0.25) is 0 Å². The number of carbonyl (C=O) groups excluding carboxylic acids is 2. The second-order valence-electron chi connectivity index (χ2n) is 8.52. The number of rotatable bonds is 5. The smallest absolute Gasteiger partial charge is 0.247 e. The van der Waals surface area contributed by atoms with Gasteiger partial charge in [-0.3, -0.25) is 14.5 Å². The van der Waals surface area contributed by atoms with E-state index in [4.69, 9.17) is 0 Å². The van der Waals surface area contributed by atoms with Crippen LogP contribution in [-0.2, 0) is 19.6 Å². The zero-order valence-corrected chi connectivity index (χ0v) is 18.6. The number of piperazine rings is 1. The van der Waals surface area contributed by atoms with E-state index in [2.05, 4.69) is 5.32 Å². The van der Waals surface area contributed by atoms with E-state index in [0.29, 0.717) is 5.69 Å². The molecule has 0 bridgehead atoms. The summed E-state index contributed by atoms with van der Waals surface area (Å²) in [4.78, 5) is 28.1. The summed E-state index contributed by atoms with van der Waals surface area (Å²) in [6, 6.07) is 13.1. The summed E-state index contributed by atoms with van der Waals surface area (Å²) in [5, 5.41) is 3.00. The molecule has 1 aliphatic heterocycles. The van der Waals surface area contributed by atoms with E-state index < -0.39 is 39.7 Å². The fourth-order valence-electron chi connectivity index (χ4n) is 4.48. The Morgan fingerprint density at radius 1 is 1.06 bits per heavy atom. The van der Waals surface area contributed by atoms with Crippen molar-refractivity contribution in [1.29, 1.82) is 0 Å². The number of anilines is 1. The monoisotopic (exact) mass is 459 g/mol. The average Bonchev–Trinajstić information content (AvgIpc) is 3.28. The standard InChI is InChI=1S/C23H26FN3O4S/c1-23(22(29)25-18-7-5-6-8-18)16-26(32(30,31)20-9-3-2-4-10-20)15-21(28)27(23)19-13-11-17(24)12-14-19/h2-4,9-14,18H,5-8,15-16H2,1H3,(H,25,29)/t23-/m0/s1. The number of halogens is 1. The van der Waals surface area contributed by atoms with Gasteiger partial charge in [0.1, 0.15) is 11.4 Å². The topological polar surface area (TPSA) is 86.8 Å². The Balaban J connectivity index is 1.72. The van der Waals surface area contributed by atoms with Crippen LogP contribution in [0.1, 0.15) is 32.6 Å². The third-order valence-electron chi connectivity index (χ3n) is 6.18. The van der Waals surface area contributed by atoms with Gasteiger partial charge in [-0.15, -0.1) is 0 Å². The minimum Gasteiger partial charge on any atom is -0.351 e. The second-order valence-corrected chi connectivity index (χ2v) is 10.5. The van der Waals surface area contributed by atoms with Crippen LogP contribution < -0.4 is 10.2 Å². The molecule has 32 heavy (non-hydrogen) atoms. The number of carbonyl (C=O) groups is 2. The normalized spacial score (nSPS) is 22.8. The van der Waals surface area contributed by atoms with Gasteiger partial charge >= 0.3 is 0 Å². The van der Waals surface area contributed by atoms with Gasteiger partial charge < -0.3 is 5.32 Å². The highest BCUT2D eigenvalue weighted by atomic mass is 32.2. The summed E-state index contributed by atoms with van der Waals surface area (Å²) in [7, 11) is -3.99. The Bertz CT molecular complexity index is 1100. The molecular weight excluding hydrogens is 433 g/mol. The van der Waals surface area contributed by atoms with E-state index in [-0.39, 0.29) is 17.5 Å². The molecule has 1 saturated carbocycles. The molecule has 1 atom stereocenters. The summed E-state index contributed by atoms with van der Waals surface area (Å²) in [6.45, 7) is 0.929. The van der Waals surface area contributed by atoms with Crippen molar-refractivity contribution in [2.45, 2.75) is 49.1 Å². The first-order chi connectivity index (χ1) is 15.2. The maximum Gasteiger partial charge on any atom is 0.247 e. The van der Waals surface area contributed by atoms with Crippen molar-refractivity contribution >= 4 is 27.5 Å². The molecule has 2 aromatic carbocycles. The van der Waals surface area contributed by atoms with E-state index >= 15 is 0 Å². The SMILES string of the molecule is C[C@@]1(C(=O)NC2CCCC2)CN(S(=O)(=O)c2ccccc2)CC(=O)N1c1ccc(F)cc1. The zero-order valence-electron chi connectivity index (χ0n) is 17.8. The van der Waals surface area contributed by atoms with Crippen LogP contribution in [0.15, 0.2) is 59.5 Å². The van der Waals surface area contributed by atoms with Gasteiger partial charge in [0.2, 0.25) is 21.8 Å². The molecule has 0 unspecified atom stereocenters. The maximum atomic E-state index is 13.5. The fourth-order valence-corrected chi connectivity index (χ4v) is 5.98. The second kappa shape index (κ2) is 8.63. The van der Waals surface area contributed by atoms with Gasteiger partial charge in [-0.2, -0.15) is 4.31 Å². The van der Waals surface area contributed by atoms with Crippen LogP contribution in [0.25, 0.3) is 0 Å². The van der Waals surface area contributed by atoms with E-state index in [0.717, 1.165) is 30.0 Å². The van der Waals surface area contributed by atoms with Gasteiger partial charge in [0.15, 0.2) is 0 Å². The summed E-state index contributed by atoms with van der Waals surface area (Å²) < 4.78 is 41.1. The predicted octanol–water partition coefficient (Wildman–Crippen LogP) is 2.68. The lowest BCUT2D eigenvalue weighted by Gasteiger charge is -2.47. The molecular formula is C23H26FN3O4S. The van der Waals surface area contributed by atoms with Crippen LogP contribution >= 0.6 is 0 Å². The minimum absolute atomic E-state index is 0.00870. The quantitative estimate of drug-likeness (QED) is 0.745. The summed E-state index contributed by atoms with van der Waals surface area (Å²) in [5.41, 5.74) is -1.16. The van der Waals surface area contributed by atoms with Crippen molar-refractivity contribution in [2.75, 3.05) is 18.0 Å². The first kappa shape index (κ1) is 22.4. The lowest BCUT2D eigenvalue weighted by atomic mass is 9.94. The van der Waals surface area contributed by atoms with Crippen molar-refractivity contribution in [3.8, 4) is 0 Å². The number of benzene rings is 2. The molecule has 0 radical (unpaired) electrons. The molecule has 0 aromatic heterocycles. The summed E-state index contributed by atoms with van der Waals surface area (Å²) in [5.74, 6) is -1.44. The Hall–Kier alpha value is -2.78. The lowest BCUT2D eigenvalue weighted by Crippen LogP contribution is -2.70. The van der Waals surface area contributed by atoms with Crippen LogP contribution in [0, 0.1) is 5.82 Å². The number of nitrogens with one attached hydrogen (secondary N) is 1. The molecule has 2 aliphatic rings. The molecule has 2 aromatic rings. The minimum atomic E-state index is -3.99. The van der Waals surface area contributed by atoms with Crippen LogP contribution in [0.5, 0.6) is 0 Å². The van der Waals surface area contributed by atoms with E-state index in [1.165, 1.54) is 41.3 Å². The first-order valence-electron chi connectivity index (χ1n) is 10.7. The largest absolute Gasteiger partial charge is 0.351 e. The third-order valence-corrected chi connectivity index (χ3v) is 7.99. The van der Waals surface area contributed by atoms with Crippen molar-refractivity contribution in [3.63, 3.8) is 0 Å². The molecule has 1 saturated heterocycles. The fraction of sp³-hybridized carbons (Fsp3) is 0.391. The van der Waals surface area contributed by atoms with Crippen LogP contribution in [0.4, 0.5) is 10.1 Å². The van der Waals surface area contributed by atoms with Crippen molar-refractivity contribution in [2.24, 2.45) is 0 Å². The first-order valence-corrected chi connectivity index (χ1v) is 12.1. The Kier molecular flexibility index (Phi) is 6.05. The van der Waals surface area contributed by atoms with Crippen LogP contribution in [0.3, 0.4) is 0 Å². The van der Waals surface area contributed by atoms with Gasteiger partial charge in [0.25, 0.3) is 0 Å². The maximum absolute atomic E-state index is 13.5. The van der Waals surface area contributed by atoms with E-state index in [1.54, 1.807) is 25.1 Å². The molecule has 1 aliphatic carbocycles. The average molecular weight is 460 g/mol. The van der Waals surface area contributed by atoms with E-state index in [9.17, 15) is 22.4 Å². The molecule has 0 spiro atoms. The Labute approximate surface area is 187 Å². The third kappa shape index (κ3) is 4.14. The van der Waals surface area contributed by atoms with E-state index in [1.807, 2.05) is 0 Å². The van der Waals surface area contributed by atoms with Gasteiger partial charge in [-0.05, 0) is 56.2 Å². The molecule has 9 heteroatoms. The number of hydrogen-bond acceptors (Lipinski definition) is 4. The molecule has 7 nitrogen and oxygen atoms in total. The Morgan fingerprint density at radius 3 is 2.31 bits per heavy atom. The highest BCUT2D eigenvalue weighted by Crippen LogP contribution is 2.33. The predicted molar refractivity (Wildman–Crippen MR) is 118 cm³/mol. The zero-order chi connectivity index (χ0) is 22.9. The Morgan fingerprint density at radius 2 is 1.69 bits per heavy atom. The number of hydrogen-bond donors (Lipinski definition) is 1. The van der Waals surface area contributed by atoms with Gasteiger partial charge in [-0.1, -0.05) is 31.0 Å². The molecule has 2 fully saturated rings. The number of nitrogens with zero attached hydrogens (tertiary/aromatic N) is 2. The van der Waals surface area contributed by atoms with Gasteiger partial charge in [0.05, 0.1) is 11.4 Å². The highest BCUT2D eigenvalue weighted by molar-refractivity contribution is 7.89. The molecule has 170 valence electrons. The summed E-state index contributed by atoms with van der Waals surface area (Å²) in [6.07, 6.45) is 3.71. The molecule has 1 N–H and O–H groups in total. The number of amides is 2. The molecule has 4 rings (SSSR count). The number of sulfonamides is 1. The lowest BCUT2D eigenvalue weighted by molar-refractivity contribution is -0.133.